The molecule has 4 rings (SSSR count). The lowest BCUT2D eigenvalue weighted by molar-refractivity contribution is -0.0581. The molecule has 0 aromatic carbocycles. The van der Waals surface area contributed by atoms with E-state index in [-0.39, 0.29) is 12.2 Å². The number of hydrogen-bond donors (Lipinski definition) is 4. The summed E-state index contributed by atoms with van der Waals surface area (Å²) in [4.78, 5) is 12.6. The summed E-state index contributed by atoms with van der Waals surface area (Å²) in [5, 5.41) is 9.94. The van der Waals surface area contributed by atoms with Gasteiger partial charge in [0.05, 0.1) is 0 Å². The molecule has 8 atom stereocenters. The zero-order valence-corrected chi connectivity index (χ0v) is 29.4. The highest BCUT2D eigenvalue weighted by molar-refractivity contribution is 5.67. The summed E-state index contributed by atoms with van der Waals surface area (Å²) in [7, 11) is 0. The molecule has 0 saturated heterocycles. The molecule has 3 saturated carbocycles. The van der Waals surface area contributed by atoms with Crippen LogP contribution in [-0.2, 0) is 4.74 Å². The highest BCUT2D eigenvalue weighted by Gasteiger charge is 2.59. The summed E-state index contributed by atoms with van der Waals surface area (Å²) in [5.74, 6) is 5.16. The molecule has 44 heavy (non-hydrogen) atoms. The second-order valence-electron chi connectivity index (χ2n) is 16.2. The van der Waals surface area contributed by atoms with Crippen molar-refractivity contribution in [2.24, 2.45) is 52.1 Å². The molecule has 6 heteroatoms. The number of nitrogens with two attached hydrogens (primary N) is 1. The topological polar surface area (TPSA) is 88.4 Å². The summed E-state index contributed by atoms with van der Waals surface area (Å²) in [5.41, 5.74) is 7.96. The van der Waals surface area contributed by atoms with E-state index in [9.17, 15) is 4.79 Å². The molecule has 254 valence electrons. The fourth-order valence-corrected chi connectivity index (χ4v) is 10.3. The van der Waals surface area contributed by atoms with Crippen molar-refractivity contribution in [1.29, 1.82) is 0 Å². The number of nitrogens with one attached hydrogen (secondary N) is 3. The Labute approximate surface area is 271 Å². The van der Waals surface area contributed by atoms with Crippen molar-refractivity contribution in [1.82, 2.24) is 16.0 Å². The van der Waals surface area contributed by atoms with Gasteiger partial charge >= 0.3 is 6.09 Å². The summed E-state index contributed by atoms with van der Waals surface area (Å²) >= 11 is 0. The van der Waals surface area contributed by atoms with Crippen LogP contribution < -0.4 is 21.7 Å². The monoisotopic (exact) mass is 615 g/mol. The van der Waals surface area contributed by atoms with Crippen molar-refractivity contribution in [3.63, 3.8) is 0 Å². The minimum atomic E-state index is -0.234. The van der Waals surface area contributed by atoms with Crippen LogP contribution >= 0.6 is 0 Å². The summed E-state index contributed by atoms with van der Waals surface area (Å²) in [6.45, 7) is 18.0. The molecule has 0 aliphatic heterocycles. The molecule has 4 aliphatic rings. The Morgan fingerprint density at radius 3 is 2.34 bits per heavy atom. The molecular weight excluding hydrogens is 544 g/mol. The molecule has 6 nitrogen and oxygen atoms in total. The summed E-state index contributed by atoms with van der Waals surface area (Å²) in [6.07, 6.45) is 21.0. The first-order chi connectivity index (χ1) is 21.2. The maximum absolute atomic E-state index is 12.6. The SMILES string of the molecule is CC(C)CCCC(C)C1CCC2C3CC=C4CC(OC(=O)NCCCNCCCNCCCCN)CCC4(C)C3CCC12C. The molecule has 3 fully saturated rings. The van der Waals surface area contributed by atoms with Crippen LogP contribution in [0, 0.1) is 46.3 Å². The van der Waals surface area contributed by atoms with Gasteiger partial charge in [-0.2, -0.15) is 0 Å². The number of rotatable bonds is 18. The van der Waals surface area contributed by atoms with Gasteiger partial charge in [-0.05, 0) is 150 Å². The highest BCUT2D eigenvalue weighted by Crippen LogP contribution is 2.67. The van der Waals surface area contributed by atoms with E-state index in [2.05, 4.69) is 56.6 Å². The van der Waals surface area contributed by atoms with Crippen molar-refractivity contribution in [2.45, 2.75) is 137 Å². The van der Waals surface area contributed by atoms with E-state index in [1.54, 1.807) is 5.57 Å². The standard InChI is InChI=1S/C38H70N4O2/c1-28(2)11-8-12-29(3)33-15-16-34-32-14-13-30-27-31(17-19-37(30,4)35(32)18-20-38(33,34)5)44-36(43)42-26-10-25-41-24-9-23-40-22-7-6-21-39/h13,28-29,31-35,40-41H,6-12,14-27,39H2,1-5H3,(H,42,43). The van der Waals surface area contributed by atoms with E-state index in [0.29, 0.717) is 17.4 Å². The van der Waals surface area contributed by atoms with E-state index < -0.39 is 0 Å². The molecule has 0 spiro atoms. The van der Waals surface area contributed by atoms with Crippen molar-refractivity contribution in [3.8, 4) is 0 Å². The number of unbranched alkanes of at least 4 members (excludes halogenated alkanes) is 1. The van der Waals surface area contributed by atoms with E-state index in [1.165, 1.54) is 57.8 Å². The predicted molar refractivity (Wildman–Crippen MR) is 185 cm³/mol. The van der Waals surface area contributed by atoms with E-state index in [0.717, 1.165) is 107 Å². The van der Waals surface area contributed by atoms with Gasteiger partial charge in [0.2, 0.25) is 0 Å². The predicted octanol–water partition coefficient (Wildman–Crippen LogP) is 7.82. The van der Waals surface area contributed by atoms with Crippen LogP contribution in [0.15, 0.2) is 11.6 Å². The molecule has 4 aliphatic carbocycles. The molecule has 8 unspecified atom stereocenters. The van der Waals surface area contributed by atoms with Gasteiger partial charge in [0, 0.05) is 13.0 Å². The van der Waals surface area contributed by atoms with Crippen LogP contribution in [0.1, 0.15) is 131 Å². The van der Waals surface area contributed by atoms with Gasteiger partial charge in [-0.25, -0.2) is 4.79 Å². The molecule has 0 aromatic rings. The molecule has 1 amide bonds. The van der Waals surface area contributed by atoms with E-state index >= 15 is 0 Å². The Morgan fingerprint density at radius 2 is 1.61 bits per heavy atom. The molecule has 0 aromatic heterocycles. The van der Waals surface area contributed by atoms with Gasteiger partial charge in [0.15, 0.2) is 0 Å². The highest BCUT2D eigenvalue weighted by atomic mass is 16.6. The zero-order valence-electron chi connectivity index (χ0n) is 29.4. The normalized spacial score (nSPS) is 33.7. The van der Waals surface area contributed by atoms with Crippen molar-refractivity contribution < 1.29 is 9.53 Å². The lowest BCUT2D eigenvalue weighted by Crippen LogP contribution is -2.51. The van der Waals surface area contributed by atoms with E-state index in [1.807, 2.05) is 0 Å². The number of hydrogen-bond acceptors (Lipinski definition) is 5. The molecule has 0 radical (unpaired) electrons. The van der Waals surface area contributed by atoms with Crippen LogP contribution in [0.2, 0.25) is 0 Å². The third-order valence-electron chi connectivity index (χ3n) is 12.8. The van der Waals surface area contributed by atoms with Crippen LogP contribution in [0.3, 0.4) is 0 Å². The second kappa shape index (κ2) is 17.2. The van der Waals surface area contributed by atoms with Gasteiger partial charge < -0.3 is 26.4 Å². The number of ether oxygens (including phenoxy) is 1. The molecule has 5 N–H and O–H groups in total. The number of amides is 1. The zero-order chi connectivity index (χ0) is 31.6. The lowest BCUT2D eigenvalue weighted by atomic mass is 9.47. The number of carbonyl (C=O) groups excluding carboxylic acids is 1. The Bertz CT molecular complexity index is 907. The van der Waals surface area contributed by atoms with E-state index in [4.69, 9.17) is 10.5 Å². The minimum Gasteiger partial charge on any atom is -0.446 e. The first kappa shape index (κ1) is 35.7. The van der Waals surface area contributed by atoms with Gasteiger partial charge in [0.1, 0.15) is 6.10 Å². The van der Waals surface area contributed by atoms with Gasteiger partial charge in [-0.3, -0.25) is 0 Å². The lowest BCUT2D eigenvalue weighted by Gasteiger charge is -2.58. The minimum absolute atomic E-state index is 0.0257. The Kier molecular flexibility index (Phi) is 13.9. The van der Waals surface area contributed by atoms with Crippen LogP contribution in [0.4, 0.5) is 4.79 Å². The van der Waals surface area contributed by atoms with Crippen molar-refractivity contribution >= 4 is 6.09 Å². The smallest absolute Gasteiger partial charge is 0.407 e. The van der Waals surface area contributed by atoms with Gasteiger partial charge in [0.25, 0.3) is 0 Å². The van der Waals surface area contributed by atoms with Gasteiger partial charge in [-0.1, -0.05) is 65.5 Å². The fraction of sp³-hybridized carbons (Fsp3) is 0.921. The van der Waals surface area contributed by atoms with Crippen molar-refractivity contribution in [2.75, 3.05) is 39.3 Å². The number of alkyl carbamates (subject to hydrolysis) is 1. The Hall–Kier alpha value is -1.11. The van der Waals surface area contributed by atoms with Crippen LogP contribution in [0.25, 0.3) is 0 Å². The summed E-state index contributed by atoms with van der Waals surface area (Å²) < 4.78 is 5.97. The quantitative estimate of drug-likeness (QED) is 0.0934. The fourth-order valence-electron chi connectivity index (χ4n) is 10.3. The van der Waals surface area contributed by atoms with Crippen LogP contribution in [0.5, 0.6) is 0 Å². The van der Waals surface area contributed by atoms with Crippen molar-refractivity contribution in [3.05, 3.63) is 11.6 Å². The van der Waals surface area contributed by atoms with Gasteiger partial charge in [-0.15, -0.1) is 0 Å². The second-order valence-corrected chi connectivity index (χ2v) is 16.2. The number of fused-ring (bicyclic) bond motifs is 5. The average molecular weight is 615 g/mol. The molecule has 0 heterocycles. The maximum atomic E-state index is 12.6. The number of carbonyl (C=O) groups is 1. The third-order valence-corrected chi connectivity index (χ3v) is 12.8. The first-order valence-corrected chi connectivity index (χ1v) is 18.9. The molecule has 0 bridgehead atoms. The Balaban J connectivity index is 1.17. The maximum Gasteiger partial charge on any atom is 0.407 e. The largest absolute Gasteiger partial charge is 0.446 e. The average Bonchev–Trinajstić information content (AvgIpc) is 3.35. The third kappa shape index (κ3) is 9.03. The number of allylic oxidation sites excluding steroid dienone is 1. The Morgan fingerprint density at radius 1 is 0.886 bits per heavy atom. The molecular formula is C38H70N4O2. The summed E-state index contributed by atoms with van der Waals surface area (Å²) in [6, 6.07) is 0. The van der Waals surface area contributed by atoms with Crippen LogP contribution in [-0.4, -0.2) is 51.5 Å². The first-order valence-electron chi connectivity index (χ1n) is 18.9.